The summed E-state index contributed by atoms with van der Waals surface area (Å²) < 4.78 is 7.15. The van der Waals surface area contributed by atoms with E-state index in [1.807, 2.05) is 73.7 Å². The number of hydrogen-bond donors (Lipinski definition) is 2. The van der Waals surface area contributed by atoms with Crippen molar-refractivity contribution in [2.75, 3.05) is 10.6 Å². The third-order valence-corrected chi connectivity index (χ3v) is 4.84. The molecule has 3 heterocycles. The molecular weight excluding hydrogens is 392 g/mol. The van der Waals surface area contributed by atoms with Crippen molar-refractivity contribution in [3.63, 3.8) is 0 Å². The molecule has 0 bridgehead atoms. The lowest BCUT2D eigenvalue weighted by molar-refractivity contribution is 0.102. The van der Waals surface area contributed by atoms with Crippen molar-refractivity contribution in [3.8, 4) is 11.5 Å². The summed E-state index contributed by atoms with van der Waals surface area (Å²) in [6, 6.07) is 20.8. The Bertz CT molecular complexity index is 1370. The zero-order valence-electron chi connectivity index (χ0n) is 16.6. The predicted molar refractivity (Wildman–Crippen MR) is 117 cm³/mol. The maximum absolute atomic E-state index is 12.9. The average Bonchev–Trinajstić information content (AvgIpc) is 3.43. The van der Waals surface area contributed by atoms with Crippen LogP contribution < -0.4 is 10.6 Å². The Morgan fingerprint density at radius 1 is 1.03 bits per heavy atom. The first kappa shape index (κ1) is 18.6. The maximum Gasteiger partial charge on any atom is 0.274 e. The van der Waals surface area contributed by atoms with Crippen LogP contribution in [-0.4, -0.2) is 25.4 Å². The molecule has 31 heavy (non-hydrogen) atoms. The van der Waals surface area contributed by atoms with E-state index < -0.39 is 0 Å². The molecule has 8 nitrogen and oxygen atoms in total. The first-order valence-electron chi connectivity index (χ1n) is 9.67. The van der Waals surface area contributed by atoms with Gasteiger partial charge in [-0.3, -0.25) is 9.20 Å². The van der Waals surface area contributed by atoms with E-state index in [9.17, 15) is 4.79 Å². The number of carbonyl (C=O) groups is 1. The van der Waals surface area contributed by atoms with Gasteiger partial charge in [0.2, 0.25) is 0 Å². The Hall–Kier alpha value is -4.46. The summed E-state index contributed by atoms with van der Waals surface area (Å²) in [4.78, 5) is 21.5. The topological polar surface area (TPSA) is 97.4 Å². The maximum atomic E-state index is 12.9. The van der Waals surface area contributed by atoms with E-state index in [0.717, 1.165) is 11.3 Å². The molecule has 5 rings (SSSR count). The Kier molecular flexibility index (Phi) is 4.64. The summed E-state index contributed by atoms with van der Waals surface area (Å²) in [5, 5.41) is 10.0. The number of fused-ring (bicyclic) bond motifs is 1. The minimum absolute atomic E-state index is 0.254. The minimum Gasteiger partial charge on any atom is -0.332 e. The standard InChI is InChI=1S/C23H18N6O2/c1-15-10-11-16(22-27-23(28-31-22)25-17-7-3-2-4-8-17)13-18(15)26-21(30)19-14-24-20-9-5-6-12-29(19)20/h2-14H,1H3,(H,25,28)(H,26,30). The van der Waals surface area contributed by atoms with Crippen LogP contribution in [0.5, 0.6) is 0 Å². The summed E-state index contributed by atoms with van der Waals surface area (Å²) in [7, 11) is 0. The SMILES string of the molecule is Cc1ccc(-c2nc(Nc3ccccc3)no2)cc1NC(=O)c1cnc2ccccn12. The second-order valence-electron chi connectivity index (χ2n) is 6.97. The molecule has 2 N–H and O–H groups in total. The number of amides is 1. The largest absolute Gasteiger partial charge is 0.332 e. The summed E-state index contributed by atoms with van der Waals surface area (Å²) in [5.41, 5.74) is 4.29. The summed E-state index contributed by atoms with van der Waals surface area (Å²) in [6.45, 7) is 1.92. The van der Waals surface area contributed by atoms with Gasteiger partial charge in [-0.2, -0.15) is 4.98 Å². The van der Waals surface area contributed by atoms with Crippen molar-refractivity contribution in [3.05, 3.63) is 90.4 Å². The van der Waals surface area contributed by atoms with Crippen LogP contribution in [-0.2, 0) is 0 Å². The van der Waals surface area contributed by atoms with Gasteiger partial charge in [-0.25, -0.2) is 4.98 Å². The lowest BCUT2D eigenvalue weighted by Gasteiger charge is -2.09. The Labute approximate surface area is 177 Å². The number of hydrogen-bond acceptors (Lipinski definition) is 6. The van der Waals surface area contributed by atoms with Crippen LogP contribution in [0.2, 0.25) is 0 Å². The fourth-order valence-electron chi connectivity index (χ4n) is 3.22. The zero-order valence-corrected chi connectivity index (χ0v) is 16.6. The van der Waals surface area contributed by atoms with Gasteiger partial charge in [-0.1, -0.05) is 30.3 Å². The van der Waals surface area contributed by atoms with Gasteiger partial charge in [0.25, 0.3) is 17.7 Å². The van der Waals surface area contributed by atoms with E-state index in [1.165, 1.54) is 0 Å². The molecule has 0 radical (unpaired) electrons. The molecule has 0 atom stereocenters. The van der Waals surface area contributed by atoms with Gasteiger partial charge in [0.1, 0.15) is 11.3 Å². The quantitative estimate of drug-likeness (QED) is 0.436. The minimum atomic E-state index is -0.254. The van der Waals surface area contributed by atoms with Crippen LogP contribution >= 0.6 is 0 Å². The van der Waals surface area contributed by atoms with E-state index in [0.29, 0.717) is 34.4 Å². The van der Waals surface area contributed by atoms with E-state index in [-0.39, 0.29) is 5.91 Å². The van der Waals surface area contributed by atoms with Gasteiger partial charge >= 0.3 is 0 Å². The number of rotatable bonds is 5. The van der Waals surface area contributed by atoms with E-state index in [2.05, 4.69) is 25.8 Å². The smallest absolute Gasteiger partial charge is 0.274 e. The van der Waals surface area contributed by atoms with Gasteiger partial charge in [0, 0.05) is 23.1 Å². The number of pyridine rings is 1. The van der Waals surface area contributed by atoms with Crippen LogP contribution in [0.3, 0.4) is 0 Å². The fraction of sp³-hybridized carbons (Fsp3) is 0.0435. The Morgan fingerprint density at radius 2 is 1.87 bits per heavy atom. The normalized spacial score (nSPS) is 10.9. The average molecular weight is 410 g/mol. The Balaban J connectivity index is 1.39. The van der Waals surface area contributed by atoms with Crippen LogP contribution in [0.25, 0.3) is 17.1 Å². The molecule has 0 aliphatic rings. The summed E-state index contributed by atoms with van der Waals surface area (Å²) in [6.07, 6.45) is 3.36. The molecule has 152 valence electrons. The Morgan fingerprint density at radius 3 is 2.74 bits per heavy atom. The third kappa shape index (κ3) is 3.74. The van der Waals surface area contributed by atoms with Crippen LogP contribution in [0.4, 0.5) is 17.3 Å². The predicted octanol–water partition coefficient (Wildman–Crippen LogP) is 4.69. The second-order valence-corrected chi connectivity index (χ2v) is 6.97. The molecule has 8 heteroatoms. The van der Waals surface area contributed by atoms with Gasteiger partial charge in [-0.15, -0.1) is 0 Å². The molecule has 0 saturated heterocycles. The molecular formula is C23H18N6O2. The molecule has 0 spiro atoms. The first-order chi connectivity index (χ1) is 15.2. The third-order valence-electron chi connectivity index (χ3n) is 4.84. The number of anilines is 3. The molecule has 1 amide bonds. The van der Waals surface area contributed by atoms with Gasteiger partial charge in [0.05, 0.1) is 6.20 Å². The highest BCUT2D eigenvalue weighted by atomic mass is 16.5. The molecule has 0 fully saturated rings. The van der Waals surface area contributed by atoms with Crippen LogP contribution in [0.1, 0.15) is 16.1 Å². The van der Waals surface area contributed by atoms with Crippen LogP contribution in [0.15, 0.2) is 83.6 Å². The molecule has 0 unspecified atom stereocenters. The summed E-state index contributed by atoms with van der Waals surface area (Å²) in [5.74, 6) is 0.456. The number of carbonyl (C=O) groups excluding carboxylic acids is 1. The number of aromatic nitrogens is 4. The van der Waals surface area contributed by atoms with E-state index in [1.54, 1.807) is 16.8 Å². The fourth-order valence-corrected chi connectivity index (χ4v) is 3.22. The van der Waals surface area contributed by atoms with Gasteiger partial charge < -0.3 is 15.2 Å². The molecule has 0 saturated carbocycles. The van der Waals surface area contributed by atoms with Gasteiger partial charge in [0.15, 0.2) is 0 Å². The summed E-state index contributed by atoms with van der Waals surface area (Å²) >= 11 is 0. The number of benzene rings is 2. The number of imidazole rings is 1. The molecule has 0 aliphatic carbocycles. The number of para-hydroxylation sites is 1. The van der Waals surface area contributed by atoms with E-state index >= 15 is 0 Å². The highest BCUT2D eigenvalue weighted by Crippen LogP contribution is 2.26. The van der Waals surface area contributed by atoms with Crippen molar-refractivity contribution < 1.29 is 9.32 Å². The zero-order chi connectivity index (χ0) is 21.2. The second kappa shape index (κ2) is 7.75. The lowest BCUT2D eigenvalue weighted by Crippen LogP contribution is -2.15. The van der Waals surface area contributed by atoms with E-state index in [4.69, 9.17) is 4.52 Å². The van der Waals surface area contributed by atoms with Crippen molar-refractivity contribution in [1.29, 1.82) is 0 Å². The number of aryl methyl sites for hydroxylation is 1. The highest BCUT2D eigenvalue weighted by molar-refractivity contribution is 6.04. The lowest BCUT2D eigenvalue weighted by atomic mass is 10.1. The number of nitrogens with zero attached hydrogens (tertiary/aromatic N) is 4. The van der Waals surface area contributed by atoms with Crippen molar-refractivity contribution in [2.45, 2.75) is 6.92 Å². The van der Waals surface area contributed by atoms with Crippen LogP contribution in [0, 0.1) is 6.92 Å². The van der Waals surface area contributed by atoms with Crippen molar-refractivity contribution >= 4 is 28.9 Å². The van der Waals surface area contributed by atoms with Crippen molar-refractivity contribution in [2.24, 2.45) is 0 Å². The monoisotopic (exact) mass is 410 g/mol. The van der Waals surface area contributed by atoms with Gasteiger partial charge in [-0.05, 0) is 54.0 Å². The van der Waals surface area contributed by atoms with Crippen molar-refractivity contribution in [1.82, 2.24) is 19.5 Å². The highest BCUT2D eigenvalue weighted by Gasteiger charge is 2.15. The molecule has 0 aliphatic heterocycles. The number of nitrogens with one attached hydrogen (secondary N) is 2. The molecule has 5 aromatic rings. The first-order valence-corrected chi connectivity index (χ1v) is 9.67. The molecule has 2 aromatic carbocycles. The molecule has 3 aromatic heterocycles.